The molecule has 1 aromatic carbocycles. The fourth-order valence-electron chi connectivity index (χ4n) is 1.59. The zero-order valence-electron chi connectivity index (χ0n) is 12.7. The molecule has 0 fully saturated rings. The van der Waals surface area contributed by atoms with Crippen molar-refractivity contribution in [2.24, 2.45) is 0 Å². The van der Waals surface area contributed by atoms with Gasteiger partial charge in [0.25, 0.3) is 0 Å². The van der Waals surface area contributed by atoms with Gasteiger partial charge in [-0.15, -0.1) is 0 Å². The second kappa shape index (κ2) is 9.22. The highest BCUT2D eigenvalue weighted by Gasteiger charge is 2.11. The summed E-state index contributed by atoms with van der Waals surface area (Å²) in [5.41, 5.74) is 1.01. The van der Waals surface area contributed by atoms with Gasteiger partial charge >= 0.3 is 6.16 Å². The van der Waals surface area contributed by atoms with Crippen molar-refractivity contribution in [3.63, 3.8) is 0 Å². The van der Waals surface area contributed by atoms with Crippen LogP contribution in [0.25, 0.3) is 0 Å². The van der Waals surface area contributed by atoms with Crippen molar-refractivity contribution >= 4 is 16.2 Å². The topological polar surface area (TPSA) is 81.7 Å². The van der Waals surface area contributed by atoms with Crippen LogP contribution in [-0.4, -0.2) is 34.8 Å². The van der Waals surface area contributed by atoms with Gasteiger partial charge in [0.05, 0.1) is 12.0 Å². The van der Waals surface area contributed by atoms with Crippen molar-refractivity contribution in [3.8, 4) is 0 Å². The first-order chi connectivity index (χ1) is 10.5. The highest BCUT2D eigenvalue weighted by molar-refractivity contribution is 7.89. The van der Waals surface area contributed by atoms with E-state index in [4.69, 9.17) is 0 Å². The van der Waals surface area contributed by atoms with Crippen molar-refractivity contribution < 1.29 is 22.7 Å². The first-order valence-electron chi connectivity index (χ1n) is 6.88. The Kier molecular flexibility index (Phi) is 7.62. The maximum atomic E-state index is 12.0. The second-order valence-corrected chi connectivity index (χ2v) is 6.36. The first kappa shape index (κ1) is 18.2. The molecule has 1 rings (SSSR count). The number of carbonyl (C=O) groups is 1. The third kappa shape index (κ3) is 6.73. The fourth-order valence-corrected chi connectivity index (χ4v) is 2.66. The Morgan fingerprint density at radius 1 is 1.23 bits per heavy atom. The quantitative estimate of drug-likeness (QED) is 0.450. The Bertz CT molecular complexity index is 593. The summed E-state index contributed by atoms with van der Waals surface area (Å²) < 4.78 is 35.5. The number of benzene rings is 1. The molecule has 22 heavy (non-hydrogen) atoms. The Balaban J connectivity index is 2.25. The number of allylic oxidation sites excluding steroid dienone is 1. The minimum atomic E-state index is -3.45. The summed E-state index contributed by atoms with van der Waals surface area (Å²) in [6.07, 6.45) is 4.12. The lowest BCUT2D eigenvalue weighted by atomic mass is 10.2. The summed E-state index contributed by atoms with van der Waals surface area (Å²) >= 11 is 0. The van der Waals surface area contributed by atoms with Crippen LogP contribution in [0.5, 0.6) is 0 Å². The molecule has 122 valence electrons. The van der Waals surface area contributed by atoms with Gasteiger partial charge in [-0.1, -0.05) is 29.8 Å². The first-order valence-corrected chi connectivity index (χ1v) is 8.36. The lowest BCUT2D eigenvalue weighted by Gasteiger charge is -2.06. The van der Waals surface area contributed by atoms with Crippen LogP contribution in [0.4, 0.5) is 4.79 Å². The molecule has 0 aliphatic carbocycles. The van der Waals surface area contributed by atoms with Gasteiger partial charge < -0.3 is 9.47 Å². The van der Waals surface area contributed by atoms with Crippen molar-refractivity contribution in [3.05, 3.63) is 42.0 Å². The maximum absolute atomic E-state index is 12.0. The van der Waals surface area contributed by atoms with E-state index in [9.17, 15) is 13.2 Å². The third-order valence-electron chi connectivity index (χ3n) is 2.80. The van der Waals surface area contributed by atoms with Crippen molar-refractivity contribution in [1.82, 2.24) is 4.72 Å². The smallest absolute Gasteiger partial charge is 0.438 e. The molecule has 0 aromatic heterocycles. The van der Waals surface area contributed by atoms with Gasteiger partial charge in [-0.2, -0.15) is 0 Å². The van der Waals surface area contributed by atoms with E-state index in [0.717, 1.165) is 5.56 Å². The number of sulfonamides is 1. The lowest BCUT2D eigenvalue weighted by Crippen LogP contribution is -2.24. The number of carbonyl (C=O) groups excluding carboxylic acids is 1. The molecular weight excluding hydrogens is 306 g/mol. The molecule has 0 atom stereocenters. The molecule has 0 unspecified atom stereocenters. The molecule has 1 N–H and O–H groups in total. The Morgan fingerprint density at radius 3 is 2.55 bits per heavy atom. The minimum Gasteiger partial charge on any atom is -0.438 e. The van der Waals surface area contributed by atoms with E-state index in [1.54, 1.807) is 30.3 Å². The Morgan fingerprint density at radius 2 is 1.91 bits per heavy atom. The molecular formula is C15H21NO5S. The molecule has 7 heteroatoms. The molecule has 0 spiro atoms. The van der Waals surface area contributed by atoms with E-state index in [1.165, 1.54) is 7.11 Å². The zero-order chi connectivity index (χ0) is 16.4. The van der Waals surface area contributed by atoms with Gasteiger partial charge in [0.15, 0.2) is 0 Å². The predicted molar refractivity (Wildman–Crippen MR) is 83.1 cm³/mol. The second-order valence-electron chi connectivity index (χ2n) is 4.59. The lowest BCUT2D eigenvalue weighted by molar-refractivity contribution is 0.0817. The van der Waals surface area contributed by atoms with Gasteiger partial charge in [0, 0.05) is 6.54 Å². The molecule has 0 amide bonds. The molecule has 0 saturated heterocycles. The monoisotopic (exact) mass is 327 g/mol. The number of hydrogen-bond donors (Lipinski definition) is 1. The van der Waals surface area contributed by atoms with Gasteiger partial charge in [0.1, 0.15) is 6.61 Å². The molecule has 0 heterocycles. The normalized spacial score (nSPS) is 11.5. The molecule has 0 saturated carbocycles. The van der Waals surface area contributed by atoms with Crippen LogP contribution in [0, 0.1) is 6.92 Å². The number of ether oxygens (including phenoxy) is 2. The summed E-state index contributed by atoms with van der Waals surface area (Å²) in [5.74, 6) is 0. The van der Waals surface area contributed by atoms with Crippen molar-refractivity contribution in [2.75, 3.05) is 20.3 Å². The number of nitrogens with one attached hydrogen (secondary N) is 1. The fraction of sp³-hybridized carbons (Fsp3) is 0.400. The van der Waals surface area contributed by atoms with Crippen LogP contribution in [0.1, 0.15) is 18.4 Å². The summed E-state index contributed by atoms with van der Waals surface area (Å²) in [6.45, 7) is 2.39. The van der Waals surface area contributed by atoms with Gasteiger partial charge in [-0.25, -0.2) is 17.9 Å². The highest BCUT2D eigenvalue weighted by atomic mass is 32.2. The number of unbranched alkanes of at least 4 members (excludes halogenated alkanes) is 1. The highest BCUT2D eigenvalue weighted by Crippen LogP contribution is 2.09. The van der Waals surface area contributed by atoms with Gasteiger partial charge in [-0.3, -0.25) is 0 Å². The van der Waals surface area contributed by atoms with Gasteiger partial charge in [-0.05, 0) is 31.9 Å². The van der Waals surface area contributed by atoms with Gasteiger partial charge in [0.2, 0.25) is 10.0 Å². The van der Waals surface area contributed by atoms with Crippen LogP contribution in [0.15, 0.2) is 41.3 Å². The molecule has 0 aliphatic heterocycles. The van der Waals surface area contributed by atoms with E-state index >= 15 is 0 Å². The average Bonchev–Trinajstić information content (AvgIpc) is 2.50. The van der Waals surface area contributed by atoms with Crippen LogP contribution < -0.4 is 4.72 Å². The molecule has 1 aromatic rings. The zero-order valence-corrected chi connectivity index (χ0v) is 13.6. The van der Waals surface area contributed by atoms with Crippen molar-refractivity contribution in [2.45, 2.75) is 24.7 Å². The minimum absolute atomic E-state index is 0.141. The summed E-state index contributed by atoms with van der Waals surface area (Å²) in [7, 11) is -2.21. The molecule has 0 aliphatic rings. The number of hydrogen-bond acceptors (Lipinski definition) is 5. The predicted octanol–water partition coefficient (Wildman–Crippen LogP) is 2.39. The summed E-state index contributed by atoms with van der Waals surface area (Å²) in [4.78, 5) is 10.9. The summed E-state index contributed by atoms with van der Waals surface area (Å²) in [5, 5.41) is 0. The van der Waals surface area contributed by atoms with E-state index in [0.29, 0.717) is 19.4 Å². The van der Waals surface area contributed by atoms with Crippen LogP contribution in [0.2, 0.25) is 0 Å². The Hall–Kier alpha value is -1.86. The van der Waals surface area contributed by atoms with Crippen LogP contribution in [0.3, 0.4) is 0 Å². The summed E-state index contributed by atoms with van der Waals surface area (Å²) in [6, 6.07) is 6.70. The van der Waals surface area contributed by atoms with E-state index in [1.807, 2.05) is 13.0 Å². The third-order valence-corrected chi connectivity index (χ3v) is 4.28. The molecule has 0 bridgehead atoms. The number of methoxy groups -OCH3 is 1. The number of rotatable bonds is 8. The molecule has 0 radical (unpaired) electrons. The van der Waals surface area contributed by atoms with Crippen LogP contribution in [-0.2, 0) is 19.5 Å². The standard InChI is InChI=1S/C15H21NO5S/c1-13-7-9-14(10-8-13)22(18,19)16-11-5-3-4-6-12-21-15(17)20-2/h4,6-10,16H,3,5,11-12H2,1-2H3/b6-4+. The largest absolute Gasteiger partial charge is 0.508 e. The van der Waals surface area contributed by atoms with E-state index < -0.39 is 16.2 Å². The molecule has 6 nitrogen and oxygen atoms in total. The van der Waals surface area contributed by atoms with Crippen LogP contribution >= 0.6 is 0 Å². The SMILES string of the molecule is COC(=O)OC/C=C/CCCNS(=O)(=O)c1ccc(C)cc1. The average molecular weight is 327 g/mol. The van der Waals surface area contributed by atoms with E-state index in [2.05, 4.69) is 14.2 Å². The van der Waals surface area contributed by atoms with Crippen molar-refractivity contribution in [1.29, 1.82) is 0 Å². The number of aryl methyl sites for hydroxylation is 1. The van der Waals surface area contributed by atoms with E-state index in [-0.39, 0.29) is 11.5 Å². The Labute approximate surface area is 131 Å². The maximum Gasteiger partial charge on any atom is 0.508 e.